The van der Waals surface area contributed by atoms with Crippen molar-refractivity contribution < 1.29 is 0 Å². The van der Waals surface area contributed by atoms with Gasteiger partial charge in [-0.25, -0.2) is 0 Å². The summed E-state index contributed by atoms with van der Waals surface area (Å²) in [5, 5.41) is 17.6. The van der Waals surface area contributed by atoms with Crippen molar-refractivity contribution in [3.8, 4) is 6.07 Å². The molecule has 0 aliphatic rings. The van der Waals surface area contributed by atoms with Gasteiger partial charge in [-0.3, -0.25) is 0 Å². The maximum absolute atomic E-state index is 9.06. The zero-order chi connectivity index (χ0) is 15.9. The van der Waals surface area contributed by atoms with E-state index >= 15 is 0 Å². The molecule has 0 atom stereocenters. The fourth-order valence-electron chi connectivity index (χ4n) is 2.30. The summed E-state index contributed by atoms with van der Waals surface area (Å²) < 4.78 is 0. The highest BCUT2D eigenvalue weighted by Gasteiger charge is 2.05. The summed E-state index contributed by atoms with van der Waals surface area (Å²) in [5.41, 5.74) is 4.21. The molecule has 0 unspecified atom stereocenters. The molecule has 2 aromatic carbocycles. The van der Waals surface area contributed by atoms with Crippen molar-refractivity contribution in [2.24, 2.45) is 10.2 Å². The molecule has 0 radical (unpaired) electrons. The van der Waals surface area contributed by atoms with E-state index in [-0.39, 0.29) is 0 Å². The highest BCUT2D eigenvalue weighted by molar-refractivity contribution is 5.58. The molecule has 0 bridgehead atoms. The quantitative estimate of drug-likeness (QED) is 0.717. The number of hydrogen-bond acceptors (Lipinski definition) is 4. The van der Waals surface area contributed by atoms with Crippen LogP contribution in [0.3, 0.4) is 0 Å². The molecule has 0 fully saturated rings. The van der Waals surface area contributed by atoms with Crippen molar-refractivity contribution >= 4 is 17.1 Å². The summed E-state index contributed by atoms with van der Waals surface area (Å²) in [5.74, 6) is 0. The standard InChI is InChI=1S/C18H20N4/c1-4-22(5-2)16-10-11-17(14(3)12-16)20-21-18-9-7-6-8-15(18)13-19/h6-12H,4-5H2,1-3H3. The van der Waals surface area contributed by atoms with E-state index in [9.17, 15) is 0 Å². The van der Waals surface area contributed by atoms with Crippen LogP contribution < -0.4 is 4.90 Å². The molecule has 2 rings (SSSR count). The zero-order valence-electron chi connectivity index (χ0n) is 13.2. The number of benzene rings is 2. The van der Waals surface area contributed by atoms with Crippen molar-refractivity contribution in [1.82, 2.24) is 0 Å². The van der Waals surface area contributed by atoms with Crippen LogP contribution in [-0.4, -0.2) is 13.1 Å². The van der Waals surface area contributed by atoms with Gasteiger partial charge < -0.3 is 4.90 Å². The topological polar surface area (TPSA) is 51.8 Å². The fourth-order valence-corrected chi connectivity index (χ4v) is 2.30. The fraction of sp³-hybridized carbons (Fsp3) is 0.278. The Bertz CT molecular complexity index is 709. The zero-order valence-corrected chi connectivity index (χ0v) is 13.2. The summed E-state index contributed by atoms with van der Waals surface area (Å²) >= 11 is 0. The van der Waals surface area contributed by atoms with Crippen LogP contribution in [-0.2, 0) is 0 Å². The molecule has 0 aliphatic heterocycles. The van der Waals surface area contributed by atoms with Gasteiger partial charge in [0.05, 0.1) is 11.3 Å². The highest BCUT2D eigenvalue weighted by atomic mass is 15.1. The van der Waals surface area contributed by atoms with Crippen molar-refractivity contribution in [3.63, 3.8) is 0 Å². The molecule has 0 spiro atoms. The van der Waals surface area contributed by atoms with Gasteiger partial charge in [0.1, 0.15) is 11.8 Å². The number of azo groups is 1. The van der Waals surface area contributed by atoms with Crippen molar-refractivity contribution in [2.75, 3.05) is 18.0 Å². The highest BCUT2D eigenvalue weighted by Crippen LogP contribution is 2.27. The summed E-state index contributed by atoms with van der Waals surface area (Å²) in [6.45, 7) is 8.27. The van der Waals surface area contributed by atoms with Gasteiger partial charge in [0.2, 0.25) is 0 Å². The Morgan fingerprint density at radius 1 is 1.00 bits per heavy atom. The lowest BCUT2D eigenvalue weighted by atomic mass is 10.1. The Balaban J connectivity index is 2.27. The summed E-state index contributed by atoms with van der Waals surface area (Å²) in [6, 6.07) is 15.5. The van der Waals surface area contributed by atoms with E-state index in [1.807, 2.05) is 25.1 Å². The monoisotopic (exact) mass is 292 g/mol. The van der Waals surface area contributed by atoms with Crippen molar-refractivity contribution in [3.05, 3.63) is 53.6 Å². The maximum Gasteiger partial charge on any atom is 0.103 e. The molecule has 0 amide bonds. The van der Waals surface area contributed by atoms with Crippen LogP contribution in [0.15, 0.2) is 52.7 Å². The summed E-state index contributed by atoms with van der Waals surface area (Å²) in [6.07, 6.45) is 0. The van der Waals surface area contributed by atoms with E-state index < -0.39 is 0 Å². The van der Waals surface area contributed by atoms with Gasteiger partial charge in [-0.2, -0.15) is 10.4 Å². The van der Waals surface area contributed by atoms with Gasteiger partial charge in [0.25, 0.3) is 0 Å². The second-order valence-corrected chi connectivity index (χ2v) is 4.97. The van der Waals surface area contributed by atoms with Crippen LogP contribution in [0.25, 0.3) is 0 Å². The first-order valence-electron chi connectivity index (χ1n) is 7.46. The average molecular weight is 292 g/mol. The van der Waals surface area contributed by atoms with Crippen LogP contribution >= 0.6 is 0 Å². The number of rotatable bonds is 5. The van der Waals surface area contributed by atoms with Gasteiger partial charge >= 0.3 is 0 Å². The third kappa shape index (κ3) is 3.50. The van der Waals surface area contributed by atoms with Gasteiger partial charge in [-0.1, -0.05) is 12.1 Å². The van der Waals surface area contributed by atoms with Gasteiger partial charge in [-0.15, -0.1) is 5.11 Å². The molecular weight excluding hydrogens is 272 g/mol. The molecule has 0 saturated carbocycles. The van der Waals surface area contributed by atoms with Crippen molar-refractivity contribution in [1.29, 1.82) is 5.26 Å². The predicted octanol–water partition coefficient (Wildman–Crippen LogP) is 5.13. The third-order valence-electron chi connectivity index (χ3n) is 3.60. The number of aryl methyl sites for hydroxylation is 1. The van der Waals surface area contributed by atoms with Gasteiger partial charge in [0.15, 0.2) is 0 Å². The lowest BCUT2D eigenvalue weighted by molar-refractivity contribution is 0.865. The first-order chi connectivity index (χ1) is 10.7. The number of anilines is 1. The summed E-state index contributed by atoms with van der Waals surface area (Å²) in [7, 11) is 0. The molecule has 0 heterocycles. The Hall–Kier alpha value is -2.67. The smallest absolute Gasteiger partial charge is 0.103 e. The largest absolute Gasteiger partial charge is 0.372 e. The van der Waals surface area contributed by atoms with Crippen LogP contribution in [0.4, 0.5) is 17.1 Å². The Morgan fingerprint density at radius 2 is 1.68 bits per heavy atom. The number of nitrogens with zero attached hydrogens (tertiary/aromatic N) is 4. The molecule has 4 heteroatoms. The first-order valence-corrected chi connectivity index (χ1v) is 7.46. The van der Waals surface area contributed by atoms with E-state index in [1.54, 1.807) is 12.1 Å². The van der Waals surface area contributed by atoms with Crippen LogP contribution in [0.1, 0.15) is 25.0 Å². The lowest BCUT2D eigenvalue weighted by Crippen LogP contribution is -2.21. The summed E-state index contributed by atoms with van der Waals surface area (Å²) in [4.78, 5) is 2.29. The van der Waals surface area contributed by atoms with E-state index in [0.717, 1.165) is 24.3 Å². The first kappa shape index (κ1) is 15.7. The van der Waals surface area contributed by atoms with Crippen LogP contribution in [0.2, 0.25) is 0 Å². The predicted molar refractivity (Wildman–Crippen MR) is 90.1 cm³/mol. The second-order valence-electron chi connectivity index (χ2n) is 4.97. The molecule has 0 saturated heterocycles. The third-order valence-corrected chi connectivity index (χ3v) is 3.60. The van der Waals surface area contributed by atoms with Crippen LogP contribution in [0, 0.1) is 18.3 Å². The molecule has 22 heavy (non-hydrogen) atoms. The molecule has 112 valence electrons. The minimum Gasteiger partial charge on any atom is -0.372 e. The Kier molecular flexibility index (Phi) is 5.26. The van der Waals surface area contributed by atoms with E-state index in [1.165, 1.54) is 5.69 Å². The van der Waals surface area contributed by atoms with Crippen molar-refractivity contribution in [2.45, 2.75) is 20.8 Å². The Labute approximate surface area is 131 Å². The second kappa shape index (κ2) is 7.37. The average Bonchev–Trinajstić information content (AvgIpc) is 2.55. The normalized spacial score (nSPS) is 10.6. The molecule has 0 aromatic heterocycles. The number of nitriles is 1. The van der Waals surface area contributed by atoms with E-state index in [0.29, 0.717) is 11.3 Å². The number of hydrogen-bond donors (Lipinski definition) is 0. The van der Waals surface area contributed by atoms with Gasteiger partial charge in [-0.05, 0) is 56.7 Å². The molecule has 4 nitrogen and oxygen atoms in total. The van der Waals surface area contributed by atoms with E-state index in [2.05, 4.69) is 47.2 Å². The maximum atomic E-state index is 9.06. The molecular formula is C18H20N4. The molecule has 0 N–H and O–H groups in total. The molecule has 0 aliphatic carbocycles. The van der Waals surface area contributed by atoms with Crippen LogP contribution in [0.5, 0.6) is 0 Å². The lowest BCUT2D eigenvalue weighted by Gasteiger charge is -2.21. The SMILES string of the molecule is CCN(CC)c1ccc(N=Nc2ccccc2C#N)c(C)c1. The Morgan fingerprint density at radius 3 is 2.32 bits per heavy atom. The van der Waals surface area contributed by atoms with Gasteiger partial charge in [0, 0.05) is 18.8 Å². The molecule has 2 aromatic rings. The minimum atomic E-state index is 0.531. The minimum absolute atomic E-state index is 0.531. The van der Waals surface area contributed by atoms with E-state index in [4.69, 9.17) is 5.26 Å².